The van der Waals surface area contributed by atoms with Gasteiger partial charge in [-0.25, -0.2) is 0 Å². The predicted molar refractivity (Wildman–Crippen MR) is 51.6 cm³/mol. The number of rotatable bonds is 0. The molecule has 0 unspecified atom stereocenters. The summed E-state index contributed by atoms with van der Waals surface area (Å²) < 4.78 is 1.17. The average Bonchev–Trinajstić information content (AvgIpc) is 1.59. The Morgan fingerprint density at radius 2 is 1.50 bits per heavy atom. The molecule has 2 heteroatoms. The van der Waals surface area contributed by atoms with Gasteiger partial charge in [-0.05, 0) is 37.1 Å². The second-order valence-corrected chi connectivity index (χ2v) is 3.22. The van der Waals surface area contributed by atoms with E-state index in [0.717, 1.165) is 0 Å². The summed E-state index contributed by atoms with van der Waals surface area (Å²) in [5, 5.41) is 0. The summed E-state index contributed by atoms with van der Waals surface area (Å²) in [6.07, 6.45) is 0. The minimum Gasteiger partial charge on any atom is -1.00 e. The molecule has 0 atom stereocenters. The van der Waals surface area contributed by atoms with E-state index in [1.165, 1.54) is 15.6 Å². The van der Waals surface area contributed by atoms with Gasteiger partial charge < -0.3 is 2.85 Å². The summed E-state index contributed by atoms with van der Waals surface area (Å²) in [5.41, 5.74) is 2.61. The van der Waals surface area contributed by atoms with Crippen LogP contribution >= 0.6 is 15.9 Å². The van der Waals surface area contributed by atoms with Crippen LogP contribution in [0.4, 0.5) is 0 Å². The van der Waals surface area contributed by atoms with Crippen LogP contribution in [0.25, 0.3) is 0 Å². The van der Waals surface area contributed by atoms with Crippen molar-refractivity contribution in [2.24, 2.45) is 0 Å². The number of aryl methyl sites for hydroxylation is 2. The molecule has 10 heavy (non-hydrogen) atoms. The Balaban J connectivity index is -0.000000270. The molecule has 0 heterocycles. The molecule has 0 aliphatic rings. The Bertz CT molecular complexity index is 178. The zero-order valence-electron chi connectivity index (χ0n) is 8.32. The van der Waals surface area contributed by atoms with Crippen LogP contribution in [0.2, 0.25) is 0 Å². The van der Waals surface area contributed by atoms with E-state index in [0.29, 0.717) is 0 Å². The summed E-state index contributed by atoms with van der Waals surface area (Å²) in [6.45, 7) is 4.19. The van der Waals surface area contributed by atoms with E-state index < -0.39 is 0 Å². The Labute approximate surface area is 89.3 Å². The molecule has 0 radical (unpaired) electrons. The Hall–Kier alpha value is 0.466. The Kier molecular flexibility index (Phi) is 4.57. The molecular weight excluding hydrogens is 200 g/mol. The molecular formula is C8H11BrMg. The van der Waals surface area contributed by atoms with Gasteiger partial charge in [0.2, 0.25) is 0 Å². The SMILES string of the molecule is Cc1cc(C)cc(Br)c1.[H-].[H-].[Mg+2]. The van der Waals surface area contributed by atoms with E-state index in [-0.39, 0.29) is 25.9 Å². The fourth-order valence-corrected chi connectivity index (χ4v) is 1.64. The van der Waals surface area contributed by atoms with Crippen LogP contribution in [0.3, 0.4) is 0 Å². The van der Waals surface area contributed by atoms with Gasteiger partial charge in [0.1, 0.15) is 0 Å². The van der Waals surface area contributed by atoms with Gasteiger partial charge in [-0.3, -0.25) is 0 Å². The van der Waals surface area contributed by atoms with Crippen molar-refractivity contribution in [2.75, 3.05) is 0 Å². The fourth-order valence-electron chi connectivity index (χ4n) is 0.919. The third-order valence-electron chi connectivity index (χ3n) is 1.19. The standard InChI is InChI=1S/C8H9Br.Mg.2H/c1-6-3-7(2)5-8(9)4-6;;;/h3-5H,1-2H3;;;/q;+2;2*-1. The zero-order chi connectivity index (χ0) is 6.85. The van der Waals surface area contributed by atoms with E-state index in [1.54, 1.807) is 0 Å². The minimum absolute atomic E-state index is 0. The molecule has 0 amide bonds. The molecule has 0 aromatic heterocycles. The largest absolute Gasteiger partial charge is 2.00 e. The van der Waals surface area contributed by atoms with Crippen molar-refractivity contribution in [1.29, 1.82) is 0 Å². The molecule has 0 nitrogen and oxygen atoms in total. The van der Waals surface area contributed by atoms with Gasteiger partial charge in [-0.15, -0.1) is 0 Å². The van der Waals surface area contributed by atoms with E-state index in [4.69, 9.17) is 0 Å². The molecule has 1 rings (SSSR count). The summed E-state index contributed by atoms with van der Waals surface area (Å²) in [7, 11) is 0. The van der Waals surface area contributed by atoms with Gasteiger partial charge in [-0.1, -0.05) is 22.0 Å². The summed E-state index contributed by atoms with van der Waals surface area (Å²) in [4.78, 5) is 0. The van der Waals surface area contributed by atoms with Crippen molar-refractivity contribution in [1.82, 2.24) is 0 Å². The Morgan fingerprint density at radius 1 is 1.10 bits per heavy atom. The van der Waals surface area contributed by atoms with Crippen LogP contribution in [-0.2, 0) is 0 Å². The van der Waals surface area contributed by atoms with Crippen LogP contribution < -0.4 is 0 Å². The first kappa shape index (κ1) is 10.5. The second kappa shape index (κ2) is 4.37. The number of hydrogen-bond donors (Lipinski definition) is 0. The van der Waals surface area contributed by atoms with Gasteiger partial charge in [0.05, 0.1) is 0 Å². The quantitative estimate of drug-likeness (QED) is 0.579. The van der Waals surface area contributed by atoms with Gasteiger partial charge >= 0.3 is 23.1 Å². The molecule has 0 aliphatic heterocycles. The predicted octanol–water partition coefficient (Wildman–Crippen LogP) is 2.91. The van der Waals surface area contributed by atoms with Crippen molar-refractivity contribution in [3.63, 3.8) is 0 Å². The molecule has 0 spiro atoms. The van der Waals surface area contributed by atoms with E-state index in [9.17, 15) is 0 Å². The normalized spacial score (nSPS) is 8.70. The van der Waals surface area contributed by atoms with Crippen molar-refractivity contribution in [3.8, 4) is 0 Å². The first-order valence-corrected chi connectivity index (χ1v) is 3.71. The first-order chi connectivity index (χ1) is 4.18. The Morgan fingerprint density at radius 3 is 1.80 bits per heavy atom. The van der Waals surface area contributed by atoms with Crippen LogP contribution in [-0.4, -0.2) is 23.1 Å². The maximum Gasteiger partial charge on any atom is 2.00 e. The third kappa shape index (κ3) is 3.04. The number of halogens is 1. The van der Waals surface area contributed by atoms with Gasteiger partial charge in [-0.2, -0.15) is 0 Å². The van der Waals surface area contributed by atoms with E-state index in [1.807, 2.05) is 0 Å². The topological polar surface area (TPSA) is 0 Å². The maximum absolute atomic E-state index is 3.41. The van der Waals surface area contributed by atoms with E-state index in [2.05, 4.69) is 48.0 Å². The van der Waals surface area contributed by atoms with Crippen LogP contribution in [0.15, 0.2) is 22.7 Å². The average molecular weight is 211 g/mol. The molecule has 0 fully saturated rings. The summed E-state index contributed by atoms with van der Waals surface area (Å²) in [6, 6.07) is 6.37. The first-order valence-electron chi connectivity index (χ1n) is 2.92. The zero-order valence-corrected chi connectivity index (χ0v) is 9.32. The molecule has 1 aromatic carbocycles. The van der Waals surface area contributed by atoms with Crippen molar-refractivity contribution >= 4 is 39.0 Å². The van der Waals surface area contributed by atoms with E-state index >= 15 is 0 Å². The van der Waals surface area contributed by atoms with Gasteiger partial charge in [0.15, 0.2) is 0 Å². The molecule has 0 aliphatic carbocycles. The minimum atomic E-state index is 0. The van der Waals surface area contributed by atoms with Crippen molar-refractivity contribution in [2.45, 2.75) is 13.8 Å². The number of benzene rings is 1. The van der Waals surface area contributed by atoms with Gasteiger partial charge in [0, 0.05) is 4.47 Å². The molecule has 0 saturated carbocycles. The third-order valence-corrected chi connectivity index (χ3v) is 1.64. The fraction of sp³-hybridized carbons (Fsp3) is 0.250. The smallest absolute Gasteiger partial charge is 1.00 e. The van der Waals surface area contributed by atoms with Crippen LogP contribution in [0.5, 0.6) is 0 Å². The van der Waals surface area contributed by atoms with Crippen LogP contribution in [0.1, 0.15) is 14.0 Å². The second-order valence-electron chi connectivity index (χ2n) is 2.31. The molecule has 52 valence electrons. The molecule has 0 N–H and O–H groups in total. The maximum atomic E-state index is 3.41. The number of hydrogen-bond acceptors (Lipinski definition) is 0. The van der Waals surface area contributed by atoms with Crippen molar-refractivity contribution < 1.29 is 2.85 Å². The van der Waals surface area contributed by atoms with Gasteiger partial charge in [0.25, 0.3) is 0 Å². The van der Waals surface area contributed by atoms with Crippen LogP contribution in [0, 0.1) is 13.8 Å². The summed E-state index contributed by atoms with van der Waals surface area (Å²) in [5.74, 6) is 0. The monoisotopic (exact) mass is 210 g/mol. The van der Waals surface area contributed by atoms with Crippen molar-refractivity contribution in [3.05, 3.63) is 33.8 Å². The molecule has 0 saturated heterocycles. The molecule has 0 bridgehead atoms. The molecule has 1 aromatic rings. The summed E-state index contributed by atoms with van der Waals surface area (Å²) >= 11 is 3.41.